The van der Waals surface area contributed by atoms with Gasteiger partial charge in [0.15, 0.2) is 0 Å². The quantitative estimate of drug-likeness (QED) is 0.726. The summed E-state index contributed by atoms with van der Waals surface area (Å²) in [4.78, 5) is 0. The van der Waals surface area contributed by atoms with E-state index in [1.165, 1.54) is 0 Å². The molecule has 0 aliphatic carbocycles. The molecule has 0 aliphatic heterocycles. The molecule has 3 N–H and O–H groups in total. The molecule has 0 unspecified atom stereocenters. The van der Waals surface area contributed by atoms with Crippen LogP contribution in [0.3, 0.4) is 0 Å². The summed E-state index contributed by atoms with van der Waals surface area (Å²) in [6, 6.07) is 7.31. The van der Waals surface area contributed by atoms with Crippen molar-refractivity contribution >= 4 is 0 Å². The minimum absolute atomic E-state index is 0.0453. The van der Waals surface area contributed by atoms with Crippen molar-refractivity contribution < 1.29 is 24.8 Å². The van der Waals surface area contributed by atoms with Gasteiger partial charge in [0, 0.05) is 16.7 Å². The molecule has 0 saturated heterocycles. The first kappa shape index (κ1) is 18.3. The molecule has 0 fully saturated rings. The molecular weight excluding hydrogens is 308 g/mol. The molecule has 2 aromatic rings. The lowest BCUT2D eigenvalue weighted by Gasteiger charge is -2.15. The Balaban J connectivity index is 2.15. The van der Waals surface area contributed by atoms with Crippen molar-refractivity contribution in [2.75, 3.05) is 7.11 Å². The highest BCUT2D eigenvalue weighted by atomic mass is 16.5. The third-order valence-corrected chi connectivity index (χ3v) is 3.90. The van der Waals surface area contributed by atoms with Gasteiger partial charge in [0.05, 0.1) is 33.5 Å². The Hall–Kier alpha value is -2.08. The molecule has 0 spiro atoms. The first-order chi connectivity index (χ1) is 11.5. The number of benzene rings is 2. The topological polar surface area (TPSA) is 79.2 Å². The lowest BCUT2D eigenvalue weighted by molar-refractivity contribution is 0.103. The first-order valence-electron chi connectivity index (χ1n) is 7.77. The molecule has 0 aliphatic rings. The van der Waals surface area contributed by atoms with Gasteiger partial charge in [0.2, 0.25) is 0 Å². The van der Waals surface area contributed by atoms with Crippen molar-refractivity contribution in [2.45, 2.75) is 40.3 Å². The van der Waals surface area contributed by atoms with Crippen molar-refractivity contribution in [3.05, 3.63) is 57.6 Å². The lowest BCUT2D eigenvalue weighted by Crippen LogP contribution is -2.02. The monoisotopic (exact) mass is 332 g/mol. The standard InChI is InChI=1S/C19H24O5/c1-12-4-15(9-21)18(22)16(5-12)10-24-11-17-7-14(8-20)6-13(2)19(17)23-3/h4-7,20-22H,8-11H2,1-3H3. The Morgan fingerprint density at radius 3 is 2.17 bits per heavy atom. The Morgan fingerprint density at radius 1 is 0.875 bits per heavy atom. The summed E-state index contributed by atoms with van der Waals surface area (Å²) in [5, 5.41) is 28.8. The van der Waals surface area contributed by atoms with Gasteiger partial charge in [-0.2, -0.15) is 0 Å². The fourth-order valence-electron chi connectivity index (χ4n) is 2.85. The predicted molar refractivity (Wildman–Crippen MR) is 90.9 cm³/mol. The predicted octanol–water partition coefficient (Wildman–Crippen LogP) is 2.72. The summed E-state index contributed by atoms with van der Waals surface area (Å²) in [5.74, 6) is 0.798. The maximum Gasteiger partial charge on any atom is 0.127 e. The highest BCUT2D eigenvalue weighted by molar-refractivity contribution is 5.44. The maximum atomic E-state index is 10.1. The second-order valence-electron chi connectivity index (χ2n) is 5.85. The number of methoxy groups -OCH3 is 1. The van der Waals surface area contributed by atoms with Gasteiger partial charge in [-0.25, -0.2) is 0 Å². The number of ether oxygens (including phenoxy) is 2. The van der Waals surface area contributed by atoms with Gasteiger partial charge in [-0.1, -0.05) is 23.8 Å². The summed E-state index contributed by atoms with van der Waals surface area (Å²) in [6.07, 6.45) is 0. The third kappa shape index (κ3) is 4.06. The highest BCUT2D eigenvalue weighted by Gasteiger charge is 2.11. The van der Waals surface area contributed by atoms with Crippen LogP contribution in [0.15, 0.2) is 24.3 Å². The van der Waals surface area contributed by atoms with E-state index < -0.39 is 0 Å². The van der Waals surface area contributed by atoms with Crippen molar-refractivity contribution in [1.29, 1.82) is 0 Å². The molecule has 24 heavy (non-hydrogen) atoms. The van der Waals surface area contributed by atoms with Gasteiger partial charge >= 0.3 is 0 Å². The number of hydrogen-bond acceptors (Lipinski definition) is 5. The zero-order valence-electron chi connectivity index (χ0n) is 14.3. The number of hydrogen-bond donors (Lipinski definition) is 3. The molecule has 5 heteroatoms. The van der Waals surface area contributed by atoms with Crippen molar-refractivity contribution in [3.8, 4) is 11.5 Å². The summed E-state index contributed by atoms with van der Waals surface area (Å²) >= 11 is 0. The number of aliphatic hydroxyl groups is 2. The van der Waals surface area contributed by atoms with E-state index in [4.69, 9.17) is 9.47 Å². The molecule has 5 nitrogen and oxygen atoms in total. The van der Waals surface area contributed by atoms with E-state index in [1.807, 2.05) is 32.0 Å². The average molecular weight is 332 g/mol. The van der Waals surface area contributed by atoms with Gasteiger partial charge < -0.3 is 24.8 Å². The van der Waals surface area contributed by atoms with Crippen LogP contribution in [0.2, 0.25) is 0 Å². The largest absolute Gasteiger partial charge is 0.507 e. The van der Waals surface area contributed by atoms with Crippen LogP contribution >= 0.6 is 0 Å². The summed E-state index contributed by atoms with van der Waals surface area (Å²) in [5.41, 5.74) is 4.65. The van der Waals surface area contributed by atoms with Crippen LogP contribution in [-0.2, 0) is 31.2 Å². The van der Waals surface area contributed by atoms with E-state index in [9.17, 15) is 15.3 Å². The highest BCUT2D eigenvalue weighted by Crippen LogP contribution is 2.28. The molecule has 0 aromatic heterocycles. The fourth-order valence-corrected chi connectivity index (χ4v) is 2.85. The first-order valence-corrected chi connectivity index (χ1v) is 7.77. The van der Waals surface area contributed by atoms with Crippen LogP contribution in [0.1, 0.15) is 33.4 Å². The zero-order valence-corrected chi connectivity index (χ0v) is 14.3. The number of aliphatic hydroxyl groups excluding tert-OH is 2. The van der Waals surface area contributed by atoms with Crippen LogP contribution in [0.25, 0.3) is 0 Å². The average Bonchev–Trinajstić information content (AvgIpc) is 2.57. The fraction of sp³-hybridized carbons (Fsp3) is 0.368. The molecule has 0 atom stereocenters. The van der Waals surface area contributed by atoms with Crippen LogP contribution in [0.5, 0.6) is 11.5 Å². The minimum Gasteiger partial charge on any atom is -0.507 e. The second-order valence-corrected chi connectivity index (χ2v) is 5.85. The van der Waals surface area contributed by atoms with E-state index >= 15 is 0 Å². The molecule has 0 heterocycles. The van der Waals surface area contributed by atoms with Gasteiger partial charge in [0.25, 0.3) is 0 Å². The number of aromatic hydroxyl groups is 1. The number of aryl methyl sites for hydroxylation is 2. The smallest absolute Gasteiger partial charge is 0.127 e. The van der Waals surface area contributed by atoms with Crippen molar-refractivity contribution in [3.63, 3.8) is 0 Å². The van der Waals surface area contributed by atoms with Gasteiger partial charge in [-0.15, -0.1) is 0 Å². The van der Waals surface area contributed by atoms with Gasteiger partial charge in [-0.05, 0) is 31.0 Å². The van der Waals surface area contributed by atoms with Crippen molar-refractivity contribution in [2.24, 2.45) is 0 Å². The molecule has 2 rings (SSSR count). The molecule has 0 amide bonds. The Labute approximate surface area is 142 Å². The number of phenols is 1. The van der Waals surface area contributed by atoms with Crippen LogP contribution in [-0.4, -0.2) is 22.4 Å². The molecule has 2 aromatic carbocycles. The molecule has 130 valence electrons. The zero-order chi connectivity index (χ0) is 17.7. The number of rotatable bonds is 7. The lowest BCUT2D eigenvalue weighted by atomic mass is 10.0. The summed E-state index contributed by atoms with van der Waals surface area (Å²) in [6.45, 7) is 4.06. The molecular formula is C19H24O5. The van der Waals surface area contributed by atoms with E-state index in [0.717, 1.165) is 28.0 Å². The Bertz CT molecular complexity index is 709. The Kier molecular flexibility index (Phi) is 6.20. The van der Waals surface area contributed by atoms with Gasteiger partial charge in [0.1, 0.15) is 11.5 Å². The SMILES string of the molecule is COc1c(C)cc(CO)cc1COCc1cc(C)cc(CO)c1O. The summed E-state index contributed by atoms with van der Waals surface area (Å²) < 4.78 is 11.1. The third-order valence-electron chi connectivity index (χ3n) is 3.90. The van der Waals surface area contributed by atoms with Crippen LogP contribution in [0, 0.1) is 13.8 Å². The molecule has 0 bridgehead atoms. The maximum absolute atomic E-state index is 10.1. The molecule has 0 saturated carbocycles. The Morgan fingerprint density at radius 2 is 1.54 bits per heavy atom. The van der Waals surface area contributed by atoms with E-state index in [0.29, 0.717) is 17.7 Å². The van der Waals surface area contributed by atoms with E-state index in [1.54, 1.807) is 13.2 Å². The van der Waals surface area contributed by atoms with Crippen molar-refractivity contribution in [1.82, 2.24) is 0 Å². The molecule has 0 radical (unpaired) electrons. The summed E-state index contributed by atoms with van der Waals surface area (Å²) in [7, 11) is 1.60. The normalized spacial score (nSPS) is 10.9. The van der Waals surface area contributed by atoms with E-state index in [2.05, 4.69) is 0 Å². The second kappa shape index (κ2) is 8.15. The van der Waals surface area contributed by atoms with Crippen LogP contribution < -0.4 is 4.74 Å². The van der Waals surface area contributed by atoms with Gasteiger partial charge in [-0.3, -0.25) is 0 Å². The minimum atomic E-state index is -0.216. The van der Waals surface area contributed by atoms with Crippen LogP contribution in [0.4, 0.5) is 0 Å². The van der Waals surface area contributed by atoms with E-state index in [-0.39, 0.29) is 25.6 Å².